The number of rotatable bonds is 6. The maximum absolute atomic E-state index is 11.9. The molecule has 0 spiro atoms. The van der Waals surface area contributed by atoms with Crippen LogP contribution in [0.5, 0.6) is 11.5 Å². The van der Waals surface area contributed by atoms with Crippen LogP contribution >= 0.6 is 47.2 Å². The largest absolute Gasteiger partial charge is 0.490 e. The lowest BCUT2D eigenvalue weighted by atomic mass is 10.1. The number of hydrogen-bond donors (Lipinski definition) is 1. The Hall–Kier alpha value is -1.73. The number of carbonyl (C=O) groups excluding carboxylic acids is 1. The number of thioether (sulfide) groups is 1. The molecule has 1 fully saturated rings. The highest BCUT2D eigenvalue weighted by molar-refractivity contribution is 8.26. The lowest BCUT2D eigenvalue weighted by Crippen LogP contribution is -2.17. The van der Waals surface area contributed by atoms with Gasteiger partial charge in [0.2, 0.25) is 0 Å². The van der Waals surface area contributed by atoms with Gasteiger partial charge in [0, 0.05) is 10.6 Å². The normalized spacial score (nSPS) is 15.1. The number of nitrogens with one attached hydrogen (secondary N) is 1. The molecule has 3 rings (SSSR count). The standard InChI is InChI=1S/C20H17Cl2NO3S2/c1-11-3-4-15(7-12(11)2)25-5-6-26-18-13(8-14(21)10-16(18)22)9-17-19(24)23-20(27)28-17/h3-4,7-10H,5-6H2,1-2H3,(H,23,24,27)/b17-9-. The van der Waals surface area contributed by atoms with E-state index in [9.17, 15) is 4.79 Å². The third kappa shape index (κ3) is 5.20. The Morgan fingerprint density at radius 3 is 2.54 bits per heavy atom. The Balaban J connectivity index is 1.71. The molecule has 0 atom stereocenters. The molecule has 8 heteroatoms. The van der Waals surface area contributed by atoms with Crippen LogP contribution in [0.2, 0.25) is 10.0 Å². The fraction of sp³-hybridized carbons (Fsp3) is 0.200. The highest BCUT2D eigenvalue weighted by Crippen LogP contribution is 2.36. The number of halogens is 2. The van der Waals surface area contributed by atoms with Crippen LogP contribution in [0.15, 0.2) is 35.2 Å². The van der Waals surface area contributed by atoms with E-state index in [2.05, 4.69) is 12.2 Å². The van der Waals surface area contributed by atoms with Crippen molar-refractivity contribution < 1.29 is 14.3 Å². The molecule has 0 unspecified atom stereocenters. The van der Waals surface area contributed by atoms with Gasteiger partial charge < -0.3 is 14.8 Å². The summed E-state index contributed by atoms with van der Waals surface area (Å²) in [4.78, 5) is 12.4. The van der Waals surface area contributed by atoms with Gasteiger partial charge in [0.05, 0.1) is 9.93 Å². The topological polar surface area (TPSA) is 47.6 Å². The van der Waals surface area contributed by atoms with E-state index in [4.69, 9.17) is 44.9 Å². The predicted octanol–water partition coefficient (Wildman–Crippen LogP) is 5.56. The maximum atomic E-state index is 11.9. The average molecular weight is 454 g/mol. The first-order valence-corrected chi connectivity index (χ1v) is 10.4. The molecule has 0 aromatic heterocycles. The summed E-state index contributed by atoms with van der Waals surface area (Å²) in [5, 5.41) is 3.38. The lowest BCUT2D eigenvalue weighted by Gasteiger charge is -2.13. The molecule has 1 saturated heterocycles. The zero-order valence-electron chi connectivity index (χ0n) is 15.2. The number of aryl methyl sites for hydroxylation is 2. The van der Waals surface area contributed by atoms with E-state index in [0.717, 1.165) is 5.75 Å². The van der Waals surface area contributed by atoms with Gasteiger partial charge in [-0.25, -0.2) is 0 Å². The molecule has 1 aliphatic heterocycles. The third-order valence-electron chi connectivity index (χ3n) is 4.04. The van der Waals surface area contributed by atoms with Crippen molar-refractivity contribution in [2.45, 2.75) is 13.8 Å². The molecule has 28 heavy (non-hydrogen) atoms. The summed E-state index contributed by atoms with van der Waals surface area (Å²) in [5.74, 6) is 0.965. The quantitative estimate of drug-likeness (QED) is 0.352. The first-order valence-electron chi connectivity index (χ1n) is 8.40. The summed E-state index contributed by atoms with van der Waals surface area (Å²) < 4.78 is 12.0. The third-order valence-corrected chi connectivity index (χ3v) is 5.70. The minimum Gasteiger partial charge on any atom is -0.490 e. The molecule has 0 aliphatic carbocycles. The Morgan fingerprint density at radius 1 is 1.11 bits per heavy atom. The molecule has 4 nitrogen and oxygen atoms in total. The molecular weight excluding hydrogens is 437 g/mol. The van der Waals surface area contributed by atoms with Crippen LogP contribution in [0.3, 0.4) is 0 Å². The maximum Gasteiger partial charge on any atom is 0.263 e. The molecule has 146 valence electrons. The van der Waals surface area contributed by atoms with E-state index in [-0.39, 0.29) is 12.5 Å². The highest BCUT2D eigenvalue weighted by atomic mass is 35.5. The van der Waals surface area contributed by atoms with Crippen molar-refractivity contribution in [3.8, 4) is 11.5 Å². The summed E-state index contributed by atoms with van der Waals surface area (Å²) in [6.45, 7) is 4.71. The van der Waals surface area contributed by atoms with Crippen molar-refractivity contribution in [3.05, 3.63) is 62.0 Å². The van der Waals surface area contributed by atoms with Crippen molar-refractivity contribution in [3.63, 3.8) is 0 Å². The van der Waals surface area contributed by atoms with E-state index in [1.165, 1.54) is 22.9 Å². The van der Waals surface area contributed by atoms with Crippen LogP contribution in [0.1, 0.15) is 16.7 Å². The molecule has 1 amide bonds. The smallest absolute Gasteiger partial charge is 0.263 e. The lowest BCUT2D eigenvalue weighted by molar-refractivity contribution is -0.115. The molecule has 2 aromatic rings. The minimum atomic E-state index is -0.255. The van der Waals surface area contributed by atoms with Gasteiger partial charge in [0.25, 0.3) is 5.91 Å². The van der Waals surface area contributed by atoms with Crippen molar-refractivity contribution in [1.82, 2.24) is 5.32 Å². The predicted molar refractivity (Wildman–Crippen MR) is 120 cm³/mol. The SMILES string of the molecule is Cc1ccc(OCCOc2c(Cl)cc(Cl)cc2/C=C2\SC(=S)NC2=O)cc1C. The molecule has 0 bridgehead atoms. The van der Waals surface area contributed by atoms with Crippen LogP contribution in [-0.2, 0) is 4.79 Å². The van der Waals surface area contributed by atoms with Gasteiger partial charge in [0.1, 0.15) is 29.0 Å². The van der Waals surface area contributed by atoms with Crippen molar-refractivity contribution in [1.29, 1.82) is 0 Å². The Bertz CT molecular complexity index is 976. The van der Waals surface area contributed by atoms with Crippen LogP contribution in [-0.4, -0.2) is 23.4 Å². The Labute approximate surface area is 183 Å². The minimum absolute atomic E-state index is 0.255. The molecule has 2 aromatic carbocycles. The molecule has 0 radical (unpaired) electrons. The van der Waals surface area contributed by atoms with Gasteiger partial charge in [-0.3, -0.25) is 4.79 Å². The summed E-state index contributed by atoms with van der Waals surface area (Å²) in [5.41, 5.74) is 2.98. The number of hydrogen-bond acceptors (Lipinski definition) is 5. The van der Waals surface area contributed by atoms with Gasteiger partial charge in [-0.05, 0) is 55.3 Å². The van der Waals surface area contributed by atoms with E-state index in [1.54, 1.807) is 18.2 Å². The van der Waals surface area contributed by atoms with E-state index in [0.29, 0.717) is 37.2 Å². The van der Waals surface area contributed by atoms with Crippen LogP contribution in [0, 0.1) is 13.8 Å². The second-order valence-electron chi connectivity index (χ2n) is 6.10. The van der Waals surface area contributed by atoms with Gasteiger partial charge in [-0.2, -0.15) is 0 Å². The van der Waals surface area contributed by atoms with Crippen molar-refractivity contribution in [2.75, 3.05) is 13.2 Å². The van der Waals surface area contributed by atoms with Crippen LogP contribution in [0.4, 0.5) is 0 Å². The van der Waals surface area contributed by atoms with E-state index < -0.39 is 0 Å². The number of carbonyl (C=O) groups is 1. The molecular formula is C20H17Cl2NO3S2. The fourth-order valence-corrected chi connectivity index (χ4v) is 4.11. The first-order chi connectivity index (χ1) is 13.3. The summed E-state index contributed by atoms with van der Waals surface area (Å²) in [6.07, 6.45) is 1.66. The van der Waals surface area contributed by atoms with Crippen LogP contribution < -0.4 is 14.8 Å². The second-order valence-corrected chi connectivity index (χ2v) is 8.66. The van der Waals surface area contributed by atoms with Gasteiger partial charge >= 0.3 is 0 Å². The fourth-order valence-electron chi connectivity index (χ4n) is 2.51. The summed E-state index contributed by atoms with van der Waals surface area (Å²) in [7, 11) is 0. The first kappa shape index (κ1) is 21.0. The molecule has 1 aliphatic rings. The zero-order chi connectivity index (χ0) is 20.3. The number of benzene rings is 2. The summed E-state index contributed by atoms with van der Waals surface area (Å²) >= 11 is 18.6. The van der Waals surface area contributed by atoms with Gasteiger partial charge in [0.15, 0.2) is 0 Å². The molecule has 1 heterocycles. The Morgan fingerprint density at radius 2 is 1.86 bits per heavy atom. The van der Waals surface area contributed by atoms with Gasteiger partial charge in [-0.15, -0.1) is 0 Å². The average Bonchev–Trinajstić information content (AvgIpc) is 2.93. The van der Waals surface area contributed by atoms with Crippen molar-refractivity contribution >= 4 is 63.5 Å². The monoisotopic (exact) mass is 453 g/mol. The van der Waals surface area contributed by atoms with E-state index in [1.807, 2.05) is 25.1 Å². The number of thiocarbonyl (C=S) groups is 1. The highest BCUT2D eigenvalue weighted by Gasteiger charge is 2.23. The molecule has 1 N–H and O–H groups in total. The summed E-state index contributed by atoms with van der Waals surface area (Å²) in [6, 6.07) is 9.21. The second kappa shape index (κ2) is 9.18. The van der Waals surface area contributed by atoms with Gasteiger partial charge in [-0.1, -0.05) is 53.2 Å². The van der Waals surface area contributed by atoms with Crippen LogP contribution in [0.25, 0.3) is 6.08 Å². The number of ether oxygens (including phenoxy) is 2. The van der Waals surface area contributed by atoms with E-state index >= 15 is 0 Å². The van der Waals surface area contributed by atoms with Crippen molar-refractivity contribution in [2.24, 2.45) is 0 Å². The number of amides is 1. The molecule has 0 saturated carbocycles. The zero-order valence-corrected chi connectivity index (χ0v) is 18.3. The Kier molecular flexibility index (Phi) is 6.88.